The van der Waals surface area contributed by atoms with Crippen LogP contribution in [0.4, 0.5) is 0 Å². The van der Waals surface area contributed by atoms with Gasteiger partial charge in [0.2, 0.25) is 5.89 Å². The first-order chi connectivity index (χ1) is 9.86. The molecule has 0 bridgehead atoms. The van der Waals surface area contributed by atoms with Crippen molar-refractivity contribution in [2.45, 2.75) is 69.9 Å². The third kappa shape index (κ3) is 3.20. The fourth-order valence-corrected chi connectivity index (χ4v) is 3.60. The molecule has 2 saturated carbocycles. The summed E-state index contributed by atoms with van der Waals surface area (Å²) in [5.74, 6) is 2.46. The number of nitrogens with zero attached hydrogens (tertiary/aromatic N) is 2. The predicted molar refractivity (Wildman–Crippen MR) is 75.2 cm³/mol. The maximum Gasteiger partial charge on any atom is 0.240 e. The number of rotatable bonds is 5. The van der Waals surface area contributed by atoms with Crippen molar-refractivity contribution in [3.8, 4) is 0 Å². The lowest BCUT2D eigenvalue weighted by Crippen LogP contribution is -2.39. The van der Waals surface area contributed by atoms with E-state index in [4.69, 9.17) is 4.52 Å². The maximum atomic E-state index is 9.41. The Morgan fingerprint density at radius 2 is 1.85 bits per heavy atom. The Balaban J connectivity index is 1.52. The fraction of sp³-hybridized carbons (Fsp3) is 0.867. The molecule has 5 nitrogen and oxygen atoms in total. The van der Waals surface area contributed by atoms with Crippen molar-refractivity contribution in [2.75, 3.05) is 6.61 Å². The first kappa shape index (κ1) is 14.0. The summed E-state index contributed by atoms with van der Waals surface area (Å²) >= 11 is 0. The molecule has 1 aromatic rings. The van der Waals surface area contributed by atoms with Crippen LogP contribution >= 0.6 is 0 Å². The zero-order chi connectivity index (χ0) is 13.8. The van der Waals surface area contributed by atoms with Gasteiger partial charge in [0.15, 0.2) is 5.82 Å². The van der Waals surface area contributed by atoms with E-state index in [0.29, 0.717) is 30.3 Å². The lowest BCUT2D eigenvalue weighted by atomic mass is 9.85. The average Bonchev–Trinajstić information content (AvgIpc) is 3.16. The summed E-state index contributed by atoms with van der Waals surface area (Å²) in [5.41, 5.74) is 0. The molecule has 1 heterocycles. The zero-order valence-electron chi connectivity index (χ0n) is 12.1. The van der Waals surface area contributed by atoms with Crippen molar-refractivity contribution < 1.29 is 9.63 Å². The van der Waals surface area contributed by atoms with E-state index in [2.05, 4.69) is 15.5 Å². The minimum Gasteiger partial charge on any atom is -0.396 e. The normalized spacial score (nSPS) is 28.1. The van der Waals surface area contributed by atoms with Crippen LogP contribution in [0.2, 0.25) is 0 Å². The number of aliphatic hydroxyl groups excluding tert-OH is 1. The van der Waals surface area contributed by atoms with Crippen molar-refractivity contribution in [3.63, 3.8) is 0 Å². The Labute approximate surface area is 120 Å². The van der Waals surface area contributed by atoms with E-state index in [-0.39, 0.29) is 6.61 Å². The molecular formula is C15H25N3O2. The Bertz CT molecular complexity index is 415. The highest BCUT2D eigenvalue weighted by Crippen LogP contribution is 2.32. The molecule has 0 aliphatic heterocycles. The second kappa shape index (κ2) is 6.68. The van der Waals surface area contributed by atoms with Gasteiger partial charge in [0.25, 0.3) is 0 Å². The molecule has 112 valence electrons. The third-order valence-electron chi connectivity index (χ3n) is 4.86. The second-order valence-corrected chi connectivity index (χ2v) is 6.24. The molecule has 20 heavy (non-hydrogen) atoms. The lowest BCUT2D eigenvalue weighted by Gasteiger charge is -2.30. The summed E-state index contributed by atoms with van der Waals surface area (Å²) in [6, 6.07) is 0.385. The topological polar surface area (TPSA) is 71.2 Å². The smallest absolute Gasteiger partial charge is 0.240 e. The Morgan fingerprint density at radius 1 is 1.10 bits per heavy atom. The van der Waals surface area contributed by atoms with E-state index >= 15 is 0 Å². The van der Waals surface area contributed by atoms with Crippen LogP contribution < -0.4 is 5.32 Å². The molecule has 5 heteroatoms. The monoisotopic (exact) mass is 279 g/mol. The van der Waals surface area contributed by atoms with Gasteiger partial charge in [-0.3, -0.25) is 0 Å². The van der Waals surface area contributed by atoms with E-state index in [0.717, 1.165) is 18.7 Å². The minimum absolute atomic E-state index is 0.273. The van der Waals surface area contributed by atoms with Crippen LogP contribution in [-0.4, -0.2) is 27.9 Å². The molecule has 2 aliphatic carbocycles. The summed E-state index contributed by atoms with van der Waals surface area (Å²) in [6.07, 6.45) is 9.69. The summed E-state index contributed by atoms with van der Waals surface area (Å²) in [6.45, 7) is 0.899. The number of aromatic nitrogens is 2. The number of aliphatic hydroxyl groups is 1. The Kier molecular flexibility index (Phi) is 4.68. The highest BCUT2D eigenvalue weighted by molar-refractivity contribution is 4.98. The highest BCUT2D eigenvalue weighted by atomic mass is 16.5. The summed E-state index contributed by atoms with van der Waals surface area (Å²) < 4.78 is 5.35. The molecule has 3 rings (SSSR count). The fourth-order valence-electron chi connectivity index (χ4n) is 3.60. The van der Waals surface area contributed by atoms with Crippen LogP contribution in [0, 0.1) is 5.92 Å². The summed E-state index contributed by atoms with van der Waals surface area (Å²) in [5, 5.41) is 17.0. The predicted octanol–water partition coefficient (Wildman–Crippen LogP) is 2.37. The minimum atomic E-state index is 0.273. The average molecular weight is 279 g/mol. The molecule has 2 fully saturated rings. The van der Waals surface area contributed by atoms with Crippen molar-refractivity contribution in [3.05, 3.63) is 11.7 Å². The van der Waals surface area contributed by atoms with Gasteiger partial charge in [-0.2, -0.15) is 4.98 Å². The van der Waals surface area contributed by atoms with Crippen molar-refractivity contribution in [1.82, 2.24) is 15.5 Å². The quantitative estimate of drug-likeness (QED) is 0.866. The van der Waals surface area contributed by atoms with Crippen LogP contribution in [0.3, 0.4) is 0 Å². The molecule has 1 aromatic heterocycles. The van der Waals surface area contributed by atoms with Gasteiger partial charge in [-0.25, -0.2) is 0 Å². The van der Waals surface area contributed by atoms with Crippen LogP contribution in [0.1, 0.15) is 69.0 Å². The first-order valence-corrected chi connectivity index (χ1v) is 8.03. The van der Waals surface area contributed by atoms with Crippen LogP contribution in [0.25, 0.3) is 0 Å². The zero-order valence-corrected chi connectivity index (χ0v) is 12.1. The van der Waals surface area contributed by atoms with E-state index in [9.17, 15) is 5.11 Å². The van der Waals surface area contributed by atoms with Crippen LogP contribution in [0.5, 0.6) is 0 Å². The van der Waals surface area contributed by atoms with Gasteiger partial charge in [-0.15, -0.1) is 0 Å². The van der Waals surface area contributed by atoms with Crippen molar-refractivity contribution in [2.24, 2.45) is 5.92 Å². The molecule has 0 spiro atoms. The van der Waals surface area contributed by atoms with Gasteiger partial charge in [0.1, 0.15) is 0 Å². The molecule has 2 N–H and O–H groups in total. The molecule has 2 aliphatic rings. The second-order valence-electron chi connectivity index (χ2n) is 6.24. The first-order valence-electron chi connectivity index (χ1n) is 8.03. The molecule has 2 atom stereocenters. The molecular weight excluding hydrogens is 254 g/mol. The van der Waals surface area contributed by atoms with E-state index in [1.165, 1.54) is 38.5 Å². The van der Waals surface area contributed by atoms with Gasteiger partial charge in [-0.05, 0) is 31.6 Å². The van der Waals surface area contributed by atoms with Gasteiger partial charge in [0, 0.05) is 18.6 Å². The standard InChI is InChI=1S/C15H25N3O2/c19-10-12-7-3-4-8-13(12)16-9-14-17-15(18-20-14)11-5-1-2-6-11/h11-13,16,19H,1-10H2/t12-,13+/m0/s1. The molecule has 0 amide bonds. The Hall–Kier alpha value is -0.940. The maximum absolute atomic E-state index is 9.41. The van der Waals surface area contributed by atoms with E-state index < -0.39 is 0 Å². The van der Waals surface area contributed by atoms with Gasteiger partial charge in [-0.1, -0.05) is 30.8 Å². The van der Waals surface area contributed by atoms with E-state index in [1.54, 1.807) is 0 Å². The molecule has 0 saturated heterocycles. The SMILES string of the molecule is OC[C@@H]1CCCC[C@H]1NCc1nc(C2CCCC2)no1. The molecule has 0 radical (unpaired) electrons. The van der Waals surface area contributed by atoms with E-state index in [1.807, 2.05) is 0 Å². The van der Waals surface area contributed by atoms with Gasteiger partial charge < -0.3 is 14.9 Å². The van der Waals surface area contributed by atoms with Gasteiger partial charge in [0.05, 0.1) is 6.54 Å². The largest absolute Gasteiger partial charge is 0.396 e. The van der Waals surface area contributed by atoms with Crippen molar-refractivity contribution in [1.29, 1.82) is 0 Å². The van der Waals surface area contributed by atoms with Crippen molar-refractivity contribution >= 4 is 0 Å². The molecule has 0 aromatic carbocycles. The third-order valence-corrected chi connectivity index (χ3v) is 4.86. The van der Waals surface area contributed by atoms with Crippen LogP contribution in [0.15, 0.2) is 4.52 Å². The number of nitrogens with one attached hydrogen (secondary N) is 1. The summed E-state index contributed by atoms with van der Waals surface area (Å²) in [7, 11) is 0. The number of hydrogen-bond donors (Lipinski definition) is 2. The number of hydrogen-bond acceptors (Lipinski definition) is 5. The molecule has 0 unspecified atom stereocenters. The summed E-state index contributed by atoms with van der Waals surface area (Å²) in [4.78, 5) is 4.52. The van der Waals surface area contributed by atoms with Crippen LogP contribution in [-0.2, 0) is 6.54 Å². The highest BCUT2D eigenvalue weighted by Gasteiger charge is 2.25. The van der Waals surface area contributed by atoms with Gasteiger partial charge >= 0.3 is 0 Å². The lowest BCUT2D eigenvalue weighted by molar-refractivity contribution is 0.150. The Morgan fingerprint density at radius 3 is 2.65 bits per heavy atom.